The summed E-state index contributed by atoms with van der Waals surface area (Å²) in [6.45, 7) is 1.19. The maximum absolute atomic E-state index is 12.1. The van der Waals surface area contributed by atoms with Gasteiger partial charge in [0.15, 0.2) is 0 Å². The Morgan fingerprint density at radius 2 is 1.81 bits per heavy atom. The van der Waals surface area contributed by atoms with E-state index in [2.05, 4.69) is 5.32 Å². The lowest BCUT2D eigenvalue weighted by Crippen LogP contribution is -2.49. The normalized spacial score (nSPS) is 29.6. The Kier molecular flexibility index (Phi) is 3.82. The number of carbonyl (C=O) groups excluding carboxylic acids is 2. The molecule has 1 saturated heterocycles. The summed E-state index contributed by atoms with van der Waals surface area (Å²) in [6.07, 6.45) is 5.01. The first-order chi connectivity index (χ1) is 10.1. The highest BCUT2D eigenvalue weighted by Gasteiger charge is 2.54. The Morgan fingerprint density at radius 3 is 2.29 bits per heavy atom. The van der Waals surface area contributed by atoms with Crippen molar-refractivity contribution in [3.63, 3.8) is 0 Å². The molecule has 1 aliphatic heterocycles. The summed E-state index contributed by atoms with van der Waals surface area (Å²) < 4.78 is 0. The standard InChI is InChI=1S/C14H21N3O4/c18-13(9-2-1-3-9)15-10-4-6-16(7-5-10)14(19)11-8-12(11)17(20)21/h9-12H,1-8H2,(H,15,18)/t11-,12-/m1/s1. The molecule has 0 aromatic carbocycles. The number of likely N-dealkylation sites (tertiary alicyclic amines) is 1. The van der Waals surface area contributed by atoms with Gasteiger partial charge in [-0.15, -0.1) is 0 Å². The topological polar surface area (TPSA) is 92.6 Å². The van der Waals surface area contributed by atoms with E-state index in [9.17, 15) is 19.7 Å². The second-order valence-corrected chi connectivity index (χ2v) is 6.43. The number of nitrogens with zero attached hydrogens (tertiary/aromatic N) is 2. The molecule has 116 valence electrons. The fraction of sp³-hybridized carbons (Fsp3) is 0.857. The fourth-order valence-corrected chi connectivity index (χ4v) is 3.15. The minimum absolute atomic E-state index is 0.0829. The molecule has 2 amide bonds. The monoisotopic (exact) mass is 295 g/mol. The quantitative estimate of drug-likeness (QED) is 0.606. The Balaban J connectivity index is 1.41. The molecule has 2 aliphatic carbocycles. The van der Waals surface area contributed by atoms with Crippen molar-refractivity contribution in [3.8, 4) is 0 Å². The van der Waals surface area contributed by atoms with Crippen molar-refractivity contribution in [3.05, 3.63) is 10.1 Å². The van der Waals surface area contributed by atoms with Crippen LogP contribution in [0.5, 0.6) is 0 Å². The third-order valence-electron chi connectivity index (χ3n) is 4.97. The molecule has 1 heterocycles. The van der Waals surface area contributed by atoms with E-state index in [0.717, 1.165) is 32.1 Å². The van der Waals surface area contributed by atoms with Crippen LogP contribution in [0, 0.1) is 22.0 Å². The van der Waals surface area contributed by atoms with Crippen LogP contribution in [0.4, 0.5) is 0 Å². The molecule has 0 unspecified atom stereocenters. The predicted octanol–water partition coefficient (Wildman–Crippen LogP) is 0.559. The summed E-state index contributed by atoms with van der Waals surface area (Å²) >= 11 is 0. The zero-order valence-electron chi connectivity index (χ0n) is 12.0. The van der Waals surface area contributed by atoms with Gasteiger partial charge >= 0.3 is 0 Å². The molecule has 3 aliphatic rings. The summed E-state index contributed by atoms with van der Waals surface area (Å²) in [5, 5.41) is 13.7. The molecule has 0 aromatic rings. The van der Waals surface area contributed by atoms with Crippen molar-refractivity contribution in [1.29, 1.82) is 0 Å². The molecule has 3 rings (SSSR count). The molecule has 0 aromatic heterocycles. The van der Waals surface area contributed by atoms with Gasteiger partial charge in [-0.25, -0.2) is 0 Å². The lowest BCUT2D eigenvalue weighted by atomic mass is 9.84. The SMILES string of the molecule is O=C(NC1CCN(C(=O)[C@@H]2C[C@H]2[N+](=O)[O-])CC1)C1CCC1. The molecule has 0 spiro atoms. The van der Waals surface area contributed by atoms with Gasteiger partial charge in [-0.1, -0.05) is 6.42 Å². The third kappa shape index (κ3) is 3.01. The number of rotatable bonds is 4. The first kappa shape index (κ1) is 14.3. The molecule has 7 nitrogen and oxygen atoms in total. The van der Waals surface area contributed by atoms with Gasteiger partial charge in [0.1, 0.15) is 5.92 Å². The molecular weight excluding hydrogens is 274 g/mol. The average molecular weight is 295 g/mol. The zero-order valence-corrected chi connectivity index (χ0v) is 12.0. The number of piperidine rings is 1. The maximum Gasteiger partial charge on any atom is 0.232 e. The minimum Gasteiger partial charge on any atom is -0.353 e. The summed E-state index contributed by atoms with van der Waals surface area (Å²) in [5.74, 6) is -0.153. The van der Waals surface area contributed by atoms with Crippen molar-refractivity contribution < 1.29 is 14.5 Å². The second kappa shape index (κ2) is 5.61. The molecule has 1 N–H and O–H groups in total. The predicted molar refractivity (Wildman–Crippen MR) is 74.0 cm³/mol. The van der Waals surface area contributed by atoms with Crippen LogP contribution in [0.2, 0.25) is 0 Å². The Labute approximate surface area is 123 Å². The summed E-state index contributed by atoms with van der Waals surface area (Å²) in [5.41, 5.74) is 0. The van der Waals surface area contributed by atoms with Crippen LogP contribution in [0.15, 0.2) is 0 Å². The van der Waals surface area contributed by atoms with Crippen molar-refractivity contribution in [2.45, 2.75) is 50.6 Å². The fourth-order valence-electron chi connectivity index (χ4n) is 3.15. The van der Waals surface area contributed by atoms with Crippen LogP contribution in [-0.4, -0.2) is 46.8 Å². The van der Waals surface area contributed by atoms with E-state index >= 15 is 0 Å². The summed E-state index contributed by atoms with van der Waals surface area (Å²) in [4.78, 5) is 36.0. The van der Waals surface area contributed by atoms with E-state index in [0.29, 0.717) is 19.5 Å². The van der Waals surface area contributed by atoms with Gasteiger partial charge in [0.25, 0.3) is 0 Å². The first-order valence-electron chi connectivity index (χ1n) is 7.79. The molecule has 0 bridgehead atoms. The Hall–Kier alpha value is -1.66. The molecule has 3 fully saturated rings. The molecular formula is C14H21N3O4. The Bertz CT molecular complexity index is 455. The van der Waals surface area contributed by atoms with Gasteiger partial charge in [-0.3, -0.25) is 19.7 Å². The van der Waals surface area contributed by atoms with Gasteiger partial charge in [-0.05, 0) is 25.7 Å². The van der Waals surface area contributed by atoms with Crippen LogP contribution in [0.1, 0.15) is 38.5 Å². The maximum atomic E-state index is 12.1. The van der Waals surface area contributed by atoms with Crippen LogP contribution in [-0.2, 0) is 9.59 Å². The van der Waals surface area contributed by atoms with E-state index < -0.39 is 12.0 Å². The third-order valence-corrected chi connectivity index (χ3v) is 4.97. The van der Waals surface area contributed by atoms with E-state index in [1.807, 2.05) is 0 Å². The molecule has 2 atom stereocenters. The van der Waals surface area contributed by atoms with Gasteiger partial charge in [0, 0.05) is 36.4 Å². The van der Waals surface area contributed by atoms with Gasteiger partial charge < -0.3 is 10.2 Å². The largest absolute Gasteiger partial charge is 0.353 e. The van der Waals surface area contributed by atoms with Gasteiger partial charge in [0.2, 0.25) is 17.9 Å². The lowest BCUT2D eigenvalue weighted by molar-refractivity contribution is -0.497. The van der Waals surface area contributed by atoms with Gasteiger partial charge in [-0.2, -0.15) is 0 Å². The number of hydrogen-bond donors (Lipinski definition) is 1. The summed E-state index contributed by atoms with van der Waals surface area (Å²) in [6, 6.07) is -0.527. The first-order valence-corrected chi connectivity index (χ1v) is 7.79. The molecule has 2 saturated carbocycles. The summed E-state index contributed by atoms with van der Waals surface area (Å²) in [7, 11) is 0. The van der Waals surface area contributed by atoms with E-state index in [-0.39, 0.29) is 28.7 Å². The highest BCUT2D eigenvalue weighted by atomic mass is 16.6. The Morgan fingerprint density at radius 1 is 1.14 bits per heavy atom. The van der Waals surface area contributed by atoms with Crippen LogP contribution in [0.25, 0.3) is 0 Å². The van der Waals surface area contributed by atoms with Crippen molar-refractivity contribution in [2.75, 3.05) is 13.1 Å². The van der Waals surface area contributed by atoms with Crippen molar-refractivity contribution in [1.82, 2.24) is 10.2 Å². The number of amides is 2. The number of nitrogens with one attached hydrogen (secondary N) is 1. The minimum atomic E-state index is -0.673. The number of hydrogen-bond acceptors (Lipinski definition) is 4. The van der Waals surface area contributed by atoms with E-state index in [1.165, 1.54) is 0 Å². The molecule has 7 heteroatoms. The number of carbonyl (C=O) groups is 2. The number of nitro groups is 1. The van der Waals surface area contributed by atoms with Crippen molar-refractivity contribution >= 4 is 11.8 Å². The lowest BCUT2D eigenvalue weighted by Gasteiger charge is -2.34. The smallest absolute Gasteiger partial charge is 0.232 e. The van der Waals surface area contributed by atoms with E-state index in [4.69, 9.17) is 0 Å². The highest BCUT2D eigenvalue weighted by molar-refractivity contribution is 5.82. The molecule has 0 radical (unpaired) electrons. The highest BCUT2D eigenvalue weighted by Crippen LogP contribution is 2.35. The van der Waals surface area contributed by atoms with Crippen LogP contribution < -0.4 is 5.32 Å². The molecule has 21 heavy (non-hydrogen) atoms. The van der Waals surface area contributed by atoms with Gasteiger partial charge in [0.05, 0.1) is 0 Å². The van der Waals surface area contributed by atoms with Crippen molar-refractivity contribution in [2.24, 2.45) is 11.8 Å². The van der Waals surface area contributed by atoms with Crippen LogP contribution in [0.3, 0.4) is 0 Å². The van der Waals surface area contributed by atoms with E-state index in [1.54, 1.807) is 4.90 Å². The second-order valence-electron chi connectivity index (χ2n) is 6.43. The zero-order chi connectivity index (χ0) is 15.0. The average Bonchev–Trinajstić information content (AvgIpc) is 3.17. The van der Waals surface area contributed by atoms with Crippen LogP contribution >= 0.6 is 0 Å².